The molecule has 0 saturated heterocycles. The smallest absolute Gasteiger partial charge is 0.0360 e. The van der Waals surface area contributed by atoms with Crippen molar-refractivity contribution in [3.05, 3.63) is 36.6 Å². The van der Waals surface area contributed by atoms with E-state index in [1.54, 1.807) is 0 Å². The first-order chi connectivity index (χ1) is 8.10. The van der Waals surface area contributed by atoms with Gasteiger partial charge < -0.3 is 4.90 Å². The number of hydrogen-bond donors (Lipinski definition) is 0. The molecule has 0 N–H and O–H groups in total. The lowest BCUT2D eigenvalue weighted by Crippen LogP contribution is -2.41. The molecule has 1 fully saturated rings. The minimum absolute atomic E-state index is 0.686. The van der Waals surface area contributed by atoms with Gasteiger partial charge in [0.25, 0.3) is 0 Å². The highest BCUT2D eigenvalue weighted by atomic mass is 15.1. The second-order valence-corrected chi connectivity index (χ2v) is 5.17. The first kappa shape index (κ1) is 14.1. The minimum Gasteiger partial charge on any atom is -0.372 e. The average molecular weight is 233 g/mol. The van der Waals surface area contributed by atoms with Crippen molar-refractivity contribution < 1.29 is 0 Å². The summed E-state index contributed by atoms with van der Waals surface area (Å²) in [5.41, 5.74) is 2.13. The van der Waals surface area contributed by atoms with Gasteiger partial charge in [0.2, 0.25) is 0 Å². The zero-order valence-corrected chi connectivity index (χ0v) is 11.7. The molecule has 0 unspecified atom stereocenters. The quantitative estimate of drug-likeness (QED) is 0.584. The third kappa shape index (κ3) is 3.76. The minimum atomic E-state index is 0.686. The van der Waals surface area contributed by atoms with E-state index in [1.807, 2.05) is 0 Å². The van der Waals surface area contributed by atoms with Gasteiger partial charge in [-0.25, -0.2) is 0 Å². The lowest BCUT2D eigenvalue weighted by molar-refractivity contribution is 0.125. The zero-order valence-electron chi connectivity index (χ0n) is 11.7. The van der Waals surface area contributed by atoms with Gasteiger partial charge in [0.1, 0.15) is 0 Å². The van der Waals surface area contributed by atoms with E-state index in [9.17, 15) is 0 Å². The van der Waals surface area contributed by atoms with Gasteiger partial charge in [-0.3, -0.25) is 0 Å². The first-order valence-electron chi connectivity index (χ1n) is 6.87. The van der Waals surface area contributed by atoms with Crippen molar-refractivity contribution in [1.82, 2.24) is 4.90 Å². The highest BCUT2D eigenvalue weighted by Crippen LogP contribution is 2.36. The molecule has 0 spiro atoms. The van der Waals surface area contributed by atoms with Crippen molar-refractivity contribution >= 4 is 0 Å². The standard InChI is InChI=1S/C16H27N/c1-6-8-10-13(3)14(4)17(5)16-11-15(12-16)9-7-2/h8,10,15-16H,3-4,6-7,9,11-12H2,1-2,5H3/b10-8-. The van der Waals surface area contributed by atoms with Crippen molar-refractivity contribution in [3.8, 4) is 0 Å². The summed E-state index contributed by atoms with van der Waals surface area (Å²) in [6, 6.07) is 0.686. The monoisotopic (exact) mass is 233 g/mol. The predicted octanol–water partition coefficient (Wildman–Crippen LogP) is 4.53. The third-order valence-electron chi connectivity index (χ3n) is 3.81. The maximum atomic E-state index is 4.16. The molecule has 17 heavy (non-hydrogen) atoms. The van der Waals surface area contributed by atoms with E-state index in [-0.39, 0.29) is 0 Å². The normalized spacial score (nSPS) is 23.5. The summed E-state index contributed by atoms with van der Waals surface area (Å²) >= 11 is 0. The highest BCUT2D eigenvalue weighted by molar-refractivity contribution is 5.34. The van der Waals surface area contributed by atoms with Crippen LogP contribution in [-0.4, -0.2) is 18.0 Å². The molecule has 1 aliphatic rings. The van der Waals surface area contributed by atoms with Crippen LogP contribution in [0.15, 0.2) is 36.6 Å². The summed E-state index contributed by atoms with van der Waals surface area (Å²) in [6.45, 7) is 12.6. The van der Waals surface area contributed by atoms with Crippen LogP contribution in [0.3, 0.4) is 0 Å². The second-order valence-electron chi connectivity index (χ2n) is 5.17. The number of nitrogens with zero attached hydrogens (tertiary/aromatic N) is 1. The summed E-state index contributed by atoms with van der Waals surface area (Å²) in [5, 5.41) is 0. The molecule has 1 saturated carbocycles. The summed E-state index contributed by atoms with van der Waals surface area (Å²) in [6.07, 6.45) is 10.6. The Labute approximate surface area is 107 Å². The molecule has 0 atom stereocenters. The average Bonchev–Trinajstić information content (AvgIpc) is 2.28. The van der Waals surface area contributed by atoms with Crippen LogP contribution >= 0.6 is 0 Å². The van der Waals surface area contributed by atoms with Crippen LogP contribution in [-0.2, 0) is 0 Å². The van der Waals surface area contributed by atoms with Crippen LogP contribution in [0.1, 0.15) is 46.0 Å². The van der Waals surface area contributed by atoms with Gasteiger partial charge in [-0.1, -0.05) is 52.0 Å². The maximum Gasteiger partial charge on any atom is 0.0360 e. The molecule has 1 rings (SSSR count). The summed E-state index contributed by atoms with van der Waals surface area (Å²) < 4.78 is 0. The van der Waals surface area contributed by atoms with Gasteiger partial charge in [0.05, 0.1) is 0 Å². The van der Waals surface area contributed by atoms with Gasteiger partial charge in [-0.15, -0.1) is 0 Å². The van der Waals surface area contributed by atoms with Crippen molar-refractivity contribution in [2.45, 2.75) is 52.0 Å². The topological polar surface area (TPSA) is 3.24 Å². The molecule has 0 radical (unpaired) electrons. The summed E-state index contributed by atoms with van der Waals surface area (Å²) in [5.74, 6) is 0.944. The molecule has 0 aliphatic heterocycles. The van der Waals surface area contributed by atoms with E-state index >= 15 is 0 Å². The maximum absolute atomic E-state index is 4.16. The fraction of sp³-hybridized carbons (Fsp3) is 0.625. The fourth-order valence-corrected chi connectivity index (χ4v) is 2.46. The number of hydrogen-bond acceptors (Lipinski definition) is 1. The van der Waals surface area contributed by atoms with Gasteiger partial charge in [-0.05, 0) is 30.8 Å². The molecule has 1 nitrogen and oxygen atoms in total. The van der Waals surface area contributed by atoms with Gasteiger partial charge >= 0.3 is 0 Å². The summed E-state index contributed by atoms with van der Waals surface area (Å²) in [7, 11) is 2.15. The lowest BCUT2D eigenvalue weighted by Gasteiger charge is -2.43. The van der Waals surface area contributed by atoms with Gasteiger partial charge in [-0.2, -0.15) is 0 Å². The van der Waals surface area contributed by atoms with Crippen molar-refractivity contribution in [3.63, 3.8) is 0 Å². The lowest BCUT2D eigenvalue weighted by atomic mass is 9.76. The van der Waals surface area contributed by atoms with Crippen LogP contribution in [0.2, 0.25) is 0 Å². The van der Waals surface area contributed by atoms with E-state index in [1.165, 1.54) is 25.7 Å². The molecule has 0 heterocycles. The fourth-order valence-electron chi connectivity index (χ4n) is 2.46. The molecule has 0 aromatic heterocycles. The molecule has 96 valence electrons. The van der Waals surface area contributed by atoms with E-state index in [2.05, 4.69) is 51.1 Å². The van der Waals surface area contributed by atoms with E-state index in [4.69, 9.17) is 0 Å². The van der Waals surface area contributed by atoms with E-state index in [0.717, 1.165) is 23.6 Å². The molecule has 0 aromatic carbocycles. The van der Waals surface area contributed by atoms with Crippen LogP contribution in [0.4, 0.5) is 0 Å². The van der Waals surface area contributed by atoms with Crippen molar-refractivity contribution in [2.24, 2.45) is 5.92 Å². The Balaban J connectivity index is 2.38. The number of rotatable bonds is 7. The molecule has 0 amide bonds. The molecule has 1 aliphatic carbocycles. The predicted molar refractivity (Wildman–Crippen MR) is 76.9 cm³/mol. The van der Waals surface area contributed by atoms with Crippen LogP contribution in [0.5, 0.6) is 0 Å². The summed E-state index contributed by atoms with van der Waals surface area (Å²) in [4.78, 5) is 2.31. The van der Waals surface area contributed by atoms with Gasteiger partial charge in [0.15, 0.2) is 0 Å². The highest BCUT2D eigenvalue weighted by Gasteiger charge is 2.31. The Bertz CT molecular complexity index is 295. The Morgan fingerprint density at radius 2 is 1.94 bits per heavy atom. The molecular formula is C16H27N. The van der Waals surface area contributed by atoms with Gasteiger partial charge in [0, 0.05) is 18.8 Å². The molecular weight excluding hydrogens is 206 g/mol. The largest absolute Gasteiger partial charge is 0.372 e. The van der Waals surface area contributed by atoms with Crippen LogP contribution in [0.25, 0.3) is 0 Å². The number of likely N-dealkylation sites (N-methyl/N-ethyl adjacent to an activating group) is 1. The van der Waals surface area contributed by atoms with Crippen molar-refractivity contribution in [2.75, 3.05) is 7.05 Å². The molecule has 0 bridgehead atoms. The van der Waals surface area contributed by atoms with Crippen molar-refractivity contribution in [1.29, 1.82) is 0 Å². The number of allylic oxidation sites excluding steroid dienone is 2. The Kier molecular flexibility index (Phi) is 5.54. The third-order valence-corrected chi connectivity index (χ3v) is 3.81. The Morgan fingerprint density at radius 3 is 2.47 bits per heavy atom. The van der Waals surface area contributed by atoms with E-state index in [0.29, 0.717) is 6.04 Å². The van der Waals surface area contributed by atoms with Crippen LogP contribution < -0.4 is 0 Å². The molecule has 0 aromatic rings. The molecule has 1 heteroatoms. The Morgan fingerprint density at radius 1 is 1.29 bits per heavy atom. The van der Waals surface area contributed by atoms with E-state index < -0.39 is 0 Å². The Hall–Kier alpha value is -0.980. The zero-order chi connectivity index (χ0) is 12.8. The SMILES string of the molecule is C=C(/C=C\CC)C(=C)N(C)C1CC(CCC)C1. The first-order valence-corrected chi connectivity index (χ1v) is 6.87. The second kappa shape index (κ2) is 6.68. The van der Waals surface area contributed by atoms with Crippen LogP contribution in [0, 0.1) is 5.92 Å².